The number of rotatable bonds is 2. The highest BCUT2D eigenvalue weighted by Crippen LogP contribution is 2.28. The van der Waals surface area contributed by atoms with E-state index in [-0.39, 0.29) is 11.8 Å². The summed E-state index contributed by atoms with van der Waals surface area (Å²) in [6.45, 7) is 0.692. The van der Waals surface area contributed by atoms with Gasteiger partial charge in [0, 0.05) is 19.4 Å². The van der Waals surface area contributed by atoms with Crippen LogP contribution in [0, 0.1) is 5.92 Å². The van der Waals surface area contributed by atoms with E-state index in [2.05, 4.69) is 0 Å². The van der Waals surface area contributed by atoms with Crippen LogP contribution < -0.4 is 0 Å². The molecule has 0 bridgehead atoms. The van der Waals surface area contributed by atoms with Crippen LogP contribution in [-0.2, 0) is 9.59 Å². The molecule has 0 aromatic heterocycles. The smallest absolute Gasteiger partial charge is 0.229 e. The molecule has 0 N–H and O–H groups in total. The van der Waals surface area contributed by atoms with Crippen molar-refractivity contribution < 1.29 is 9.59 Å². The van der Waals surface area contributed by atoms with Crippen LogP contribution in [0.25, 0.3) is 0 Å². The zero-order valence-corrected chi connectivity index (χ0v) is 7.79. The summed E-state index contributed by atoms with van der Waals surface area (Å²) in [6, 6.07) is 0. The van der Waals surface area contributed by atoms with Gasteiger partial charge in [-0.1, -0.05) is 6.42 Å². The molecule has 2 aliphatic rings. The molecule has 0 unspecified atom stereocenters. The first kappa shape index (κ1) is 8.73. The van der Waals surface area contributed by atoms with E-state index < -0.39 is 0 Å². The predicted octanol–water partition coefficient (Wildman–Crippen LogP) is 1.33. The van der Waals surface area contributed by atoms with Gasteiger partial charge in [0.25, 0.3) is 0 Å². The molecule has 0 spiro atoms. The largest absolute Gasteiger partial charge is 0.282 e. The molecule has 1 aliphatic carbocycles. The number of amides is 2. The van der Waals surface area contributed by atoms with Gasteiger partial charge in [-0.2, -0.15) is 0 Å². The average molecular weight is 181 g/mol. The van der Waals surface area contributed by atoms with Gasteiger partial charge in [0.15, 0.2) is 0 Å². The lowest BCUT2D eigenvalue weighted by Gasteiger charge is -2.33. The van der Waals surface area contributed by atoms with Gasteiger partial charge in [-0.15, -0.1) is 0 Å². The Kier molecular flexibility index (Phi) is 2.34. The molecule has 0 aromatic rings. The van der Waals surface area contributed by atoms with Crippen LogP contribution in [0.3, 0.4) is 0 Å². The highest BCUT2D eigenvalue weighted by atomic mass is 16.2. The zero-order valence-electron chi connectivity index (χ0n) is 7.79. The first-order valence-electron chi connectivity index (χ1n) is 5.10. The zero-order chi connectivity index (χ0) is 9.26. The molecule has 1 saturated heterocycles. The molecule has 72 valence electrons. The molecule has 3 nitrogen and oxygen atoms in total. The molecule has 0 aromatic carbocycles. The Morgan fingerprint density at radius 1 is 1.08 bits per heavy atom. The molecule has 1 saturated carbocycles. The van der Waals surface area contributed by atoms with Crippen molar-refractivity contribution in [2.75, 3.05) is 6.54 Å². The van der Waals surface area contributed by atoms with Gasteiger partial charge in [-0.3, -0.25) is 14.5 Å². The number of hydrogen-bond donors (Lipinski definition) is 0. The molecule has 3 heteroatoms. The normalized spacial score (nSPS) is 24.8. The van der Waals surface area contributed by atoms with Crippen LogP contribution in [0.5, 0.6) is 0 Å². The van der Waals surface area contributed by atoms with E-state index in [4.69, 9.17) is 0 Å². The van der Waals surface area contributed by atoms with Crippen molar-refractivity contribution in [3.05, 3.63) is 0 Å². The van der Waals surface area contributed by atoms with E-state index in [1.165, 1.54) is 24.2 Å². The van der Waals surface area contributed by atoms with Gasteiger partial charge in [-0.25, -0.2) is 0 Å². The van der Waals surface area contributed by atoms with Crippen molar-refractivity contribution in [3.63, 3.8) is 0 Å². The molecular formula is C10H15NO2. The van der Waals surface area contributed by atoms with E-state index in [1.54, 1.807) is 0 Å². The second-order valence-corrected chi connectivity index (χ2v) is 4.05. The van der Waals surface area contributed by atoms with Crippen LogP contribution in [0.2, 0.25) is 0 Å². The summed E-state index contributed by atoms with van der Waals surface area (Å²) < 4.78 is 0. The molecule has 2 fully saturated rings. The first-order valence-corrected chi connectivity index (χ1v) is 5.10. The fourth-order valence-corrected chi connectivity index (χ4v) is 1.94. The van der Waals surface area contributed by atoms with Crippen molar-refractivity contribution in [3.8, 4) is 0 Å². The molecule has 2 rings (SSSR count). The highest BCUT2D eigenvalue weighted by Gasteiger charge is 2.29. The van der Waals surface area contributed by atoms with Crippen LogP contribution in [0.4, 0.5) is 0 Å². The van der Waals surface area contributed by atoms with E-state index in [9.17, 15) is 9.59 Å². The molecule has 1 aliphatic heterocycles. The average Bonchev–Trinajstić information content (AvgIpc) is 2.00. The lowest BCUT2D eigenvalue weighted by molar-refractivity contribution is -0.149. The van der Waals surface area contributed by atoms with Crippen LogP contribution in [-0.4, -0.2) is 23.3 Å². The maximum atomic E-state index is 11.4. The van der Waals surface area contributed by atoms with Crippen molar-refractivity contribution in [2.24, 2.45) is 5.92 Å². The van der Waals surface area contributed by atoms with Gasteiger partial charge in [0.05, 0.1) is 0 Å². The minimum Gasteiger partial charge on any atom is -0.282 e. The molecule has 13 heavy (non-hydrogen) atoms. The Balaban J connectivity index is 1.93. The third-order valence-corrected chi connectivity index (χ3v) is 3.05. The minimum atomic E-state index is 0.0446. The van der Waals surface area contributed by atoms with E-state index in [0.717, 1.165) is 6.42 Å². The molecule has 2 amide bonds. The van der Waals surface area contributed by atoms with Crippen LogP contribution in [0.15, 0.2) is 0 Å². The van der Waals surface area contributed by atoms with E-state index in [1.807, 2.05) is 0 Å². The summed E-state index contributed by atoms with van der Waals surface area (Å²) >= 11 is 0. The quantitative estimate of drug-likeness (QED) is 0.602. The second-order valence-electron chi connectivity index (χ2n) is 4.05. The van der Waals surface area contributed by atoms with Crippen molar-refractivity contribution >= 4 is 11.8 Å². The fraction of sp³-hybridized carbons (Fsp3) is 0.800. The maximum Gasteiger partial charge on any atom is 0.229 e. The lowest BCUT2D eigenvalue weighted by Crippen LogP contribution is -2.44. The second kappa shape index (κ2) is 3.48. The Morgan fingerprint density at radius 3 is 2.15 bits per heavy atom. The Morgan fingerprint density at radius 2 is 1.69 bits per heavy atom. The number of imide groups is 1. The topological polar surface area (TPSA) is 37.4 Å². The number of carbonyl (C=O) groups is 2. The van der Waals surface area contributed by atoms with Gasteiger partial charge in [-0.05, 0) is 25.2 Å². The number of carbonyl (C=O) groups excluding carboxylic acids is 2. The van der Waals surface area contributed by atoms with E-state index >= 15 is 0 Å². The van der Waals surface area contributed by atoms with Crippen molar-refractivity contribution in [2.45, 2.75) is 38.5 Å². The minimum absolute atomic E-state index is 0.0446. The summed E-state index contributed by atoms with van der Waals surface area (Å²) in [5.41, 5.74) is 0. The molecule has 0 atom stereocenters. The Bertz CT molecular complexity index is 217. The number of nitrogens with zero attached hydrogens (tertiary/aromatic N) is 1. The van der Waals surface area contributed by atoms with Gasteiger partial charge in [0.2, 0.25) is 11.8 Å². The number of likely N-dealkylation sites (tertiary alicyclic amines) is 1. The number of hydrogen-bond acceptors (Lipinski definition) is 2. The summed E-state index contributed by atoms with van der Waals surface area (Å²) in [7, 11) is 0. The summed E-state index contributed by atoms with van der Waals surface area (Å²) in [5, 5.41) is 0. The summed E-state index contributed by atoms with van der Waals surface area (Å²) in [5.74, 6) is 0.692. The van der Waals surface area contributed by atoms with E-state index in [0.29, 0.717) is 25.3 Å². The van der Waals surface area contributed by atoms with Crippen LogP contribution in [0.1, 0.15) is 38.5 Å². The maximum absolute atomic E-state index is 11.4. The first-order chi connectivity index (χ1) is 6.27. The lowest BCUT2D eigenvalue weighted by atomic mass is 9.84. The third kappa shape index (κ3) is 1.74. The molecule has 1 heterocycles. The summed E-state index contributed by atoms with van der Waals surface area (Å²) in [4.78, 5) is 24.3. The molecular weight excluding hydrogens is 166 g/mol. The van der Waals surface area contributed by atoms with Crippen molar-refractivity contribution in [1.29, 1.82) is 0 Å². The molecule has 0 radical (unpaired) electrons. The summed E-state index contributed by atoms with van der Waals surface area (Å²) in [6.07, 6.45) is 5.53. The highest BCUT2D eigenvalue weighted by molar-refractivity contribution is 5.97. The Labute approximate surface area is 78.1 Å². The van der Waals surface area contributed by atoms with Gasteiger partial charge >= 0.3 is 0 Å². The standard InChI is InChI=1S/C10H15NO2/c12-9-5-2-6-10(13)11(9)7-8-3-1-4-8/h8H,1-7H2. The van der Waals surface area contributed by atoms with Crippen LogP contribution >= 0.6 is 0 Å². The van der Waals surface area contributed by atoms with Gasteiger partial charge < -0.3 is 0 Å². The van der Waals surface area contributed by atoms with Gasteiger partial charge in [0.1, 0.15) is 0 Å². The number of piperidine rings is 1. The predicted molar refractivity (Wildman–Crippen MR) is 47.9 cm³/mol. The van der Waals surface area contributed by atoms with Crippen molar-refractivity contribution in [1.82, 2.24) is 4.90 Å². The monoisotopic (exact) mass is 181 g/mol. The Hall–Kier alpha value is -0.860. The third-order valence-electron chi connectivity index (χ3n) is 3.05. The fourth-order valence-electron chi connectivity index (χ4n) is 1.94. The SMILES string of the molecule is O=C1CCCC(=O)N1CC1CCC1.